The Bertz CT molecular complexity index is 414. The Morgan fingerprint density at radius 2 is 2.00 bits per heavy atom. The summed E-state index contributed by atoms with van der Waals surface area (Å²) < 4.78 is 5.19. The van der Waals surface area contributed by atoms with Gasteiger partial charge in [-0.1, -0.05) is 18.6 Å². The van der Waals surface area contributed by atoms with Crippen LogP contribution in [0.2, 0.25) is 0 Å². The third-order valence-electron chi connectivity index (χ3n) is 3.51. The van der Waals surface area contributed by atoms with Gasteiger partial charge in [0.05, 0.1) is 12.7 Å². The van der Waals surface area contributed by atoms with Gasteiger partial charge in [0.2, 0.25) is 0 Å². The van der Waals surface area contributed by atoms with E-state index in [9.17, 15) is 4.79 Å². The van der Waals surface area contributed by atoms with Gasteiger partial charge in [-0.3, -0.25) is 4.79 Å². The second-order valence-corrected chi connectivity index (χ2v) is 4.86. The fraction of sp³-hybridized carbons (Fsp3) is 0.533. The molecule has 1 saturated heterocycles. The quantitative estimate of drug-likeness (QED) is 0.881. The van der Waals surface area contributed by atoms with Crippen LogP contribution in [0.15, 0.2) is 24.3 Å². The summed E-state index contributed by atoms with van der Waals surface area (Å²) in [6, 6.07) is 7.31. The van der Waals surface area contributed by atoms with Crippen molar-refractivity contribution >= 4 is 5.91 Å². The van der Waals surface area contributed by atoms with Crippen molar-refractivity contribution in [1.29, 1.82) is 0 Å². The summed E-state index contributed by atoms with van der Waals surface area (Å²) in [5.74, 6) is 0.562. The molecule has 104 valence electrons. The second kappa shape index (κ2) is 7.14. The van der Waals surface area contributed by atoms with Crippen LogP contribution >= 0.6 is 0 Å². The molecule has 0 aliphatic carbocycles. The lowest BCUT2D eigenvalue weighted by Crippen LogP contribution is -2.37. The largest absolute Gasteiger partial charge is 0.496 e. The van der Waals surface area contributed by atoms with Crippen LogP contribution in [0.4, 0.5) is 0 Å². The molecule has 2 rings (SSSR count). The van der Waals surface area contributed by atoms with Crippen molar-refractivity contribution in [3.05, 3.63) is 29.8 Å². The molecule has 1 aliphatic heterocycles. The average Bonchev–Trinajstić information content (AvgIpc) is 2.48. The normalized spacial score (nSPS) is 16.1. The van der Waals surface area contributed by atoms with Crippen molar-refractivity contribution in [2.75, 3.05) is 33.3 Å². The third kappa shape index (κ3) is 3.96. The molecule has 1 aliphatic rings. The summed E-state index contributed by atoms with van der Waals surface area (Å²) in [7, 11) is 1.58. The lowest BCUT2D eigenvalue weighted by atomic mass is 10.1. The fourth-order valence-electron chi connectivity index (χ4n) is 2.44. The maximum absolute atomic E-state index is 12.1. The number of hydrogen-bond donors (Lipinski definition) is 1. The smallest absolute Gasteiger partial charge is 0.255 e. The highest BCUT2D eigenvalue weighted by Gasteiger charge is 2.12. The van der Waals surface area contributed by atoms with Gasteiger partial charge in [-0.05, 0) is 38.1 Å². The molecule has 1 fully saturated rings. The number of benzene rings is 1. The molecule has 1 heterocycles. The van der Waals surface area contributed by atoms with Gasteiger partial charge in [-0.15, -0.1) is 0 Å². The van der Waals surface area contributed by atoms with Crippen LogP contribution in [0.5, 0.6) is 5.75 Å². The predicted molar refractivity (Wildman–Crippen MR) is 75.6 cm³/mol. The molecule has 0 radical (unpaired) electrons. The SMILES string of the molecule is COc1ccccc1C(=O)NCCN1CCCCC1. The van der Waals surface area contributed by atoms with Crippen molar-refractivity contribution < 1.29 is 9.53 Å². The maximum Gasteiger partial charge on any atom is 0.255 e. The van der Waals surface area contributed by atoms with Gasteiger partial charge < -0.3 is 15.0 Å². The van der Waals surface area contributed by atoms with Crippen LogP contribution in [0.25, 0.3) is 0 Å². The summed E-state index contributed by atoms with van der Waals surface area (Å²) in [5.41, 5.74) is 0.601. The van der Waals surface area contributed by atoms with Crippen LogP contribution in [0.3, 0.4) is 0 Å². The molecule has 0 unspecified atom stereocenters. The zero-order valence-corrected chi connectivity index (χ0v) is 11.5. The number of nitrogens with one attached hydrogen (secondary N) is 1. The van der Waals surface area contributed by atoms with Crippen LogP contribution in [0, 0.1) is 0 Å². The first-order valence-electron chi connectivity index (χ1n) is 6.95. The minimum absolute atomic E-state index is 0.0607. The molecule has 1 aromatic rings. The van der Waals surface area contributed by atoms with Crippen LogP contribution in [-0.4, -0.2) is 44.1 Å². The first kappa shape index (κ1) is 13.9. The Hall–Kier alpha value is -1.55. The molecule has 0 saturated carbocycles. The van der Waals surface area contributed by atoms with E-state index >= 15 is 0 Å². The fourth-order valence-corrected chi connectivity index (χ4v) is 2.44. The molecule has 1 aromatic carbocycles. The number of para-hydroxylation sites is 1. The monoisotopic (exact) mass is 262 g/mol. The number of methoxy groups -OCH3 is 1. The Morgan fingerprint density at radius 3 is 2.74 bits per heavy atom. The van der Waals surface area contributed by atoms with Crippen molar-refractivity contribution in [2.45, 2.75) is 19.3 Å². The van der Waals surface area contributed by atoms with E-state index in [1.54, 1.807) is 19.2 Å². The number of carbonyl (C=O) groups excluding carboxylic acids is 1. The van der Waals surface area contributed by atoms with Crippen molar-refractivity contribution in [3.63, 3.8) is 0 Å². The number of hydrogen-bond acceptors (Lipinski definition) is 3. The van der Waals surface area contributed by atoms with Gasteiger partial charge in [-0.25, -0.2) is 0 Å². The molecule has 0 spiro atoms. The van der Waals surface area contributed by atoms with Gasteiger partial charge in [0.25, 0.3) is 5.91 Å². The van der Waals surface area contributed by atoms with E-state index in [-0.39, 0.29) is 5.91 Å². The molecule has 4 nitrogen and oxygen atoms in total. The second-order valence-electron chi connectivity index (χ2n) is 4.86. The molecule has 4 heteroatoms. The summed E-state index contributed by atoms with van der Waals surface area (Å²) in [4.78, 5) is 14.5. The van der Waals surface area contributed by atoms with E-state index in [0.717, 1.165) is 19.6 Å². The Labute approximate surface area is 114 Å². The molecule has 19 heavy (non-hydrogen) atoms. The van der Waals surface area contributed by atoms with Gasteiger partial charge in [0.1, 0.15) is 5.75 Å². The first-order valence-corrected chi connectivity index (χ1v) is 6.95. The van der Waals surface area contributed by atoms with Crippen LogP contribution in [0.1, 0.15) is 29.6 Å². The van der Waals surface area contributed by atoms with E-state index in [1.807, 2.05) is 12.1 Å². The van der Waals surface area contributed by atoms with Gasteiger partial charge in [-0.2, -0.15) is 0 Å². The van der Waals surface area contributed by atoms with Gasteiger partial charge in [0.15, 0.2) is 0 Å². The van der Waals surface area contributed by atoms with E-state index in [0.29, 0.717) is 17.9 Å². The summed E-state index contributed by atoms with van der Waals surface area (Å²) in [6.45, 7) is 3.94. The van der Waals surface area contributed by atoms with Crippen LogP contribution < -0.4 is 10.1 Å². The van der Waals surface area contributed by atoms with E-state index in [2.05, 4.69) is 10.2 Å². The topological polar surface area (TPSA) is 41.6 Å². The number of rotatable bonds is 5. The van der Waals surface area contributed by atoms with Crippen molar-refractivity contribution in [1.82, 2.24) is 10.2 Å². The number of amides is 1. The number of carbonyl (C=O) groups is 1. The van der Waals surface area contributed by atoms with Gasteiger partial charge >= 0.3 is 0 Å². The van der Waals surface area contributed by atoms with Crippen molar-refractivity contribution in [2.24, 2.45) is 0 Å². The molecule has 0 atom stereocenters. The van der Waals surface area contributed by atoms with Crippen molar-refractivity contribution in [3.8, 4) is 5.75 Å². The summed E-state index contributed by atoms with van der Waals surface area (Å²) in [6.07, 6.45) is 3.89. The molecule has 0 aromatic heterocycles. The number of ether oxygens (including phenoxy) is 1. The van der Waals surface area contributed by atoms with E-state index in [1.165, 1.54) is 19.3 Å². The number of piperidine rings is 1. The highest BCUT2D eigenvalue weighted by molar-refractivity contribution is 5.96. The summed E-state index contributed by atoms with van der Waals surface area (Å²) >= 11 is 0. The zero-order chi connectivity index (χ0) is 13.5. The minimum Gasteiger partial charge on any atom is -0.496 e. The van der Waals surface area contributed by atoms with E-state index < -0.39 is 0 Å². The molecular weight excluding hydrogens is 240 g/mol. The Balaban J connectivity index is 1.80. The molecule has 1 amide bonds. The first-order chi connectivity index (χ1) is 9.31. The molecule has 0 bridgehead atoms. The van der Waals surface area contributed by atoms with Crippen LogP contribution in [-0.2, 0) is 0 Å². The van der Waals surface area contributed by atoms with Gasteiger partial charge in [0, 0.05) is 13.1 Å². The lowest BCUT2D eigenvalue weighted by Gasteiger charge is -2.26. The third-order valence-corrected chi connectivity index (χ3v) is 3.51. The molecule has 1 N–H and O–H groups in total. The Kier molecular flexibility index (Phi) is 5.21. The molecular formula is C15H22N2O2. The number of likely N-dealkylation sites (tertiary alicyclic amines) is 1. The lowest BCUT2D eigenvalue weighted by molar-refractivity contribution is 0.0943. The predicted octanol–water partition coefficient (Wildman–Crippen LogP) is 1.91. The maximum atomic E-state index is 12.1. The minimum atomic E-state index is -0.0607. The number of nitrogens with zero attached hydrogens (tertiary/aromatic N) is 1. The highest BCUT2D eigenvalue weighted by Crippen LogP contribution is 2.16. The zero-order valence-electron chi connectivity index (χ0n) is 11.5. The summed E-state index contributed by atoms with van der Waals surface area (Å²) in [5, 5.41) is 2.96. The average molecular weight is 262 g/mol. The van der Waals surface area contributed by atoms with E-state index in [4.69, 9.17) is 4.74 Å². The Morgan fingerprint density at radius 1 is 1.26 bits per heavy atom. The standard InChI is InChI=1S/C15H22N2O2/c1-19-14-8-4-3-7-13(14)15(18)16-9-12-17-10-5-2-6-11-17/h3-4,7-8H,2,5-6,9-12H2,1H3,(H,16,18). The highest BCUT2D eigenvalue weighted by atomic mass is 16.5.